The molecule has 138 valence electrons. The smallest absolute Gasteiger partial charge is 0.256 e. The largest absolute Gasteiger partial charge is 0.454 e. The second kappa shape index (κ2) is 7.13. The number of hydrogen-bond acceptors (Lipinski definition) is 4. The number of rotatable bonds is 4. The summed E-state index contributed by atoms with van der Waals surface area (Å²) in [6.07, 6.45) is 0. The van der Waals surface area contributed by atoms with E-state index >= 15 is 0 Å². The fourth-order valence-corrected chi connectivity index (χ4v) is 3.27. The van der Waals surface area contributed by atoms with Crippen LogP contribution >= 0.6 is 23.2 Å². The molecule has 2 heterocycles. The van der Waals surface area contributed by atoms with Gasteiger partial charge in [0, 0.05) is 21.7 Å². The van der Waals surface area contributed by atoms with E-state index in [2.05, 4.69) is 10.4 Å². The van der Waals surface area contributed by atoms with Gasteiger partial charge in [0.2, 0.25) is 6.79 Å². The molecule has 1 aliphatic rings. The van der Waals surface area contributed by atoms with Gasteiger partial charge in [-0.25, -0.2) is 4.68 Å². The molecule has 8 heteroatoms. The molecule has 4 rings (SSSR count). The first-order valence-electron chi connectivity index (χ1n) is 8.19. The first-order valence-corrected chi connectivity index (χ1v) is 8.94. The van der Waals surface area contributed by atoms with E-state index in [1.807, 2.05) is 13.0 Å². The fraction of sp³-hybridized carbons (Fsp3) is 0.158. The topological polar surface area (TPSA) is 65.4 Å². The van der Waals surface area contributed by atoms with Crippen molar-refractivity contribution in [2.75, 3.05) is 12.1 Å². The van der Waals surface area contributed by atoms with Crippen LogP contribution in [0.15, 0.2) is 42.5 Å². The van der Waals surface area contributed by atoms with Crippen LogP contribution in [0.3, 0.4) is 0 Å². The Morgan fingerprint density at radius 2 is 1.96 bits per heavy atom. The summed E-state index contributed by atoms with van der Waals surface area (Å²) in [5, 5.41) is 8.44. The summed E-state index contributed by atoms with van der Waals surface area (Å²) in [4.78, 5) is 12.6. The maximum atomic E-state index is 12.6. The maximum Gasteiger partial charge on any atom is 0.256 e. The van der Waals surface area contributed by atoms with Crippen molar-refractivity contribution < 1.29 is 14.3 Å². The quantitative estimate of drug-likeness (QED) is 0.694. The van der Waals surface area contributed by atoms with E-state index in [0.717, 1.165) is 11.3 Å². The predicted molar refractivity (Wildman–Crippen MR) is 103 cm³/mol. The van der Waals surface area contributed by atoms with Crippen molar-refractivity contribution in [3.63, 3.8) is 0 Å². The zero-order valence-electron chi connectivity index (χ0n) is 14.3. The highest BCUT2D eigenvalue weighted by atomic mass is 35.5. The van der Waals surface area contributed by atoms with E-state index in [-0.39, 0.29) is 12.7 Å². The summed E-state index contributed by atoms with van der Waals surface area (Å²) < 4.78 is 12.3. The number of benzene rings is 2. The van der Waals surface area contributed by atoms with Crippen LogP contribution in [0, 0.1) is 6.92 Å². The second-order valence-electron chi connectivity index (χ2n) is 6.09. The van der Waals surface area contributed by atoms with Crippen LogP contribution < -0.4 is 14.8 Å². The van der Waals surface area contributed by atoms with E-state index in [0.29, 0.717) is 39.5 Å². The number of fused-ring (bicyclic) bond motifs is 1. The third kappa shape index (κ3) is 3.72. The average Bonchev–Trinajstić information content (AvgIpc) is 3.23. The van der Waals surface area contributed by atoms with E-state index in [4.69, 9.17) is 32.7 Å². The first kappa shape index (κ1) is 17.7. The fourth-order valence-electron chi connectivity index (χ4n) is 2.80. The van der Waals surface area contributed by atoms with Gasteiger partial charge < -0.3 is 14.8 Å². The Morgan fingerprint density at radius 1 is 1.15 bits per heavy atom. The molecule has 1 N–H and O–H groups in total. The number of nitrogens with zero attached hydrogens (tertiary/aromatic N) is 2. The minimum Gasteiger partial charge on any atom is -0.454 e. The Kier molecular flexibility index (Phi) is 4.68. The summed E-state index contributed by atoms with van der Waals surface area (Å²) in [6.45, 7) is 2.42. The molecule has 0 atom stereocenters. The highest BCUT2D eigenvalue weighted by molar-refractivity contribution is 6.35. The molecule has 1 aromatic heterocycles. The summed E-state index contributed by atoms with van der Waals surface area (Å²) >= 11 is 12.2. The number of carbonyl (C=O) groups excluding carboxylic acids is 1. The summed E-state index contributed by atoms with van der Waals surface area (Å²) in [6, 6.07) is 12.1. The lowest BCUT2D eigenvalue weighted by molar-refractivity contribution is 0.102. The van der Waals surface area contributed by atoms with Gasteiger partial charge in [0.1, 0.15) is 5.82 Å². The highest BCUT2D eigenvalue weighted by Gasteiger charge is 2.18. The molecule has 27 heavy (non-hydrogen) atoms. The number of amides is 1. The number of carbonyl (C=O) groups is 1. The van der Waals surface area contributed by atoms with Gasteiger partial charge in [0.25, 0.3) is 5.91 Å². The molecule has 0 saturated carbocycles. The van der Waals surface area contributed by atoms with Crippen LogP contribution in [-0.2, 0) is 6.54 Å². The first-order chi connectivity index (χ1) is 13.0. The van der Waals surface area contributed by atoms with Crippen molar-refractivity contribution in [1.82, 2.24) is 9.78 Å². The minimum absolute atomic E-state index is 0.161. The predicted octanol–water partition coefficient (Wildman–Crippen LogP) is 4.53. The summed E-state index contributed by atoms with van der Waals surface area (Å²) in [5.41, 5.74) is 2.10. The molecule has 0 radical (unpaired) electrons. The van der Waals surface area contributed by atoms with E-state index in [1.54, 1.807) is 41.1 Å². The van der Waals surface area contributed by atoms with Gasteiger partial charge in [-0.1, -0.05) is 29.3 Å². The number of aryl methyl sites for hydroxylation is 1. The lowest BCUT2D eigenvalue weighted by Crippen LogP contribution is -2.16. The molecule has 2 aromatic carbocycles. The normalized spacial score (nSPS) is 12.3. The molecule has 6 nitrogen and oxygen atoms in total. The number of hydrogen-bond donors (Lipinski definition) is 1. The number of aromatic nitrogens is 2. The summed E-state index contributed by atoms with van der Waals surface area (Å²) in [7, 11) is 0. The van der Waals surface area contributed by atoms with Crippen molar-refractivity contribution >= 4 is 34.9 Å². The van der Waals surface area contributed by atoms with Crippen LogP contribution in [0.4, 0.5) is 5.82 Å². The number of halogens is 2. The monoisotopic (exact) mass is 403 g/mol. The van der Waals surface area contributed by atoms with Gasteiger partial charge in [-0.05, 0) is 42.8 Å². The SMILES string of the molecule is Cc1cc(NC(=O)c2ccc3c(c2)OCO3)n(Cc2ccc(Cl)cc2Cl)n1. The molecule has 0 saturated heterocycles. The molecule has 0 bridgehead atoms. The summed E-state index contributed by atoms with van der Waals surface area (Å²) in [5.74, 6) is 1.49. The second-order valence-corrected chi connectivity index (χ2v) is 6.93. The van der Waals surface area contributed by atoms with Crippen LogP contribution in [-0.4, -0.2) is 22.5 Å². The third-order valence-electron chi connectivity index (χ3n) is 4.11. The van der Waals surface area contributed by atoms with Crippen molar-refractivity contribution in [2.24, 2.45) is 0 Å². The van der Waals surface area contributed by atoms with Gasteiger partial charge in [-0.2, -0.15) is 5.10 Å². The van der Waals surface area contributed by atoms with Gasteiger partial charge in [0.15, 0.2) is 11.5 Å². The average molecular weight is 404 g/mol. The van der Waals surface area contributed by atoms with Gasteiger partial charge in [-0.3, -0.25) is 4.79 Å². The standard InChI is InChI=1S/C19H15Cl2N3O3/c1-11-6-18(24(23-11)9-13-2-4-14(20)8-15(13)21)22-19(25)12-3-5-16-17(7-12)27-10-26-16/h2-8H,9-10H2,1H3,(H,22,25). The van der Waals surface area contributed by atoms with Crippen molar-refractivity contribution in [2.45, 2.75) is 13.5 Å². The van der Waals surface area contributed by atoms with Crippen LogP contribution in [0.25, 0.3) is 0 Å². The zero-order chi connectivity index (χ0) is 19.0. The molecule has 1 amide bonds. The van der Waals surface area contributed by atoms with Crippen LogP contribution in [0.5, 0.6) is 11.5 Å². The lowest BCUT2D eigenvalue weighted by atomic mass is 10.2. The van der Waals surface area contributed by atoms with Crippen molar-refractivity contribution in [3.05, 3.63) is 69.3 Å². The molecule has 0 unspecified atom stereocenters. The third-order valence-corrected chi connectivity index (χ3v) is 4.70. The van der Waals surface area contributed by atoms with Gasteiger partial charge in [-0.15, -0.1) is 0 Å². The molecular formula is C19H15Cl2N3O3. The maximum absolute atomic E-state index is 12.6. The minimum atomic E-state index is -0.267. The van der Waals surface area contributed by atoms with Gasteiger partial charge in [0.05, 0.1) is 12.2 Å². The molecule has 3 aromatic rings. The van der Waals surface area contributed by atoms with E-state index < -0.39 is 0 Å². The van der Waals surface area contributed by atoms with E-state index in [9.17, 15) is 4.79 Å². The van der Waals surface area contributed by atoms with Crippen LogP contribution in [0.2, 0.25) is 10.0 Å². The Labute approximate surface area is 165 Å². The van der Waals surface area contributed by atoms with Crippen molar-refractivity contribution in [3.8, 4) is 11.5 Å². The van der Waals surface area contributed by atoms with Crippen LogP contribution in [0.1, 0.15) is 21.6 Å². The van der Waals surface area contributed by atoms with Crippen molar-refractivity contribution in [1.29, 1.82) is 0 Å². The highest BCUT2D eigenvalue weighted by Crippen LogP contribution is 2.32. The molecule has 0 spiro atoms. The lowest BCUT2D eigenvalue weighted by Gasteiger charge is -2.11. The Hall–Kier alpha value is -2.70. The Balaban J connectivity index is 1.56. The Morgan fingerprint density at radius 3 is 2.78 bits per heavy atom. The van der Waals surface area contributed by atoms with Gasteiger partial charge >= 0.3 is 0 Å². The molecular weight excluding hydrogens is 389 g/mol. The number of anilines is 1. The Bertz CT molecular complexity index is 1030. The molecule has 0 aliphatic carbocycles. The van der Waals surface area contributed by atoms with E-state index in [1.165, 1.54) is 0 Å². The number of nitrogens with one attached hydrogen (secondary N) is 1. The zero-order valence-corrected chi connectivity index (χ0v) is 15.8. The number of ether oxygens (including phenoxy) is 2. The molecule has 0 fully saturated rings. The molecule has 1 aliphatic heterocycles.